The number of carboxylic acid groups (broad SMARTS) is 1. The second-order valence-electron chi connectivity index (χ2n) is 4.11. The SMILES string of the molecule is Cc1cc(C(=O)O)c2c(c1)C(=O)[C@H](C)C2. The molecule has 0 spiro atoms. The molecule has 15 heavy (non-hydrogen) atoms. The summed E-state index contributed by atoms with van der Waals surface area (Å²) in [5.74, 6) is -0.965. The predicted octanol–water partition coefficient (Wildman–Crippen LogP) is 2.07. The smallest absolute Gasteiger partial charge is 0.335 e. The quantitative estimate of drug-likeness (QED) is 0.761. The maximum Gasteiger partial charge on any atom is 0.335 e. The molecule has 3 nitrogen and oxygen atoms in total. The molecule has 1 aromatic carbocycles. The van der Waals surface area contributed by atoms with Crippen LogP contribution in [0.3, 0.4) is 0 Å². The van der Waals surface area contributed by atoms with E-state index in [1.54, 1.807) is 12.1 Å². The Morgan fingerprint density at radius 1 is 1.47 bits per heavy atom. The summed E-state index contributed by atoms with van der Waals surface area (Å²) in [6.07, 6.45) is 0.552. The first-order valence-corrected chi connectivity index (χ1v) is 4.91. The van der Waals surface area contributed by atoms with Gasteiger partial charge in [-0.15, -0.1) is 0 Å². The minimum absolute atomic E-state index is 0.0659. The summed E-state index contributed by atoms with van der Waals surface area (Å²) in [6, 6.07) is 3.42. The van der Waals surface area contributed by atoms with Gasteiger partial charge in [-0.1, -0.05) is 6.92 Å². The van der Waals surface area contributed by atoms with Crippen molar-refractivity contribution in [3.05, 3.63) is 34.4 Å². The first-order chi connectivity index (χ1) is 7.00. The number of benzene rings is 1. The molecule has 0 radical (unpaired) electrons. The van der Waals surface area contributed by atoms with Gasteiger partial charge in [-0.25, -0.2) is 4.79 Å². The number of carbonyl (C=O) groups is 2. The van der Waals surface area contributed by atoms with E-state index in [2.05, 4.69) is 0 Å². The molecule has 0 saturated carbocycles. The molecule has 0 saturated heterocycles. The van der Waals surface area contributed by atoms with Crippen molar-refractivity contribution >= 4 is 11.8 Å². The van der Waals surface area contributed by atoms with Gasteiger partial charge in [0.25, 0.3) is 0 Å². The highest BCUT2D eigenvalue weighted by molar-refractivity contribution is 6.05. The zero-order valence-electron chi connectivity index (χ0n) is 8.70. The number of Topliss-reactive ketones (excluding diaryl/α,β-unsaturated/α-hetero) is 1. The van der Waals surface area contributed by atoms with Gasteiger partial charge in [0.15, 0.2) is 5.78 Å². The van der Waals surface area contributed by atoms with E-state index in [9.17, 15) is 9.59 Å². The summed E-state index contributed by atoms with van der Waals surface area (Å²) >= 11 is 0. The Morgan fingerprint density at radius 2 is 2.13 bits per heavy atom. The van der Waals surface area contributed by atoms with Gasteiger partial charge in [0.2, 0.25) is 0 Å². The van der Waals surface area contributed by atoms with Gasteiger partial charge in [0.1, 0.15) is 0 Å². The van der Waals surface area contributed by atoms with Crippen LogP contribution < -0.4 is 0 Å². The maximum atomic E-state index is 11.7. The van der Waals surface area contributed by atoms with E-state index in [0.717, 1.165) is 5.56 Å². The molecule has 0 aromatic heterocycles. The third-order valence-corrected chi connectivity index (χ3v) is 2.85. The topological polar surface area (TPSA) is 54.4 Å². The van der Waals surface area contributed by atoms with Crippen molar-refractivity contribution in [3.63, 3.8) is 0 Å². The van der Waals surface area contributed by atoms with Crippen molar-refractivity contribution in [2.75, 3.05) is 0 Å². The van der Waals surface area contributed by atoms with Crippen LogP contribution in [0.2, 0.25) is 0 Å². The maximum absolute atomic E-state index is 11.7. The third kappa shape index (κ3) is 1.44. The number of hydrogen-bond donors (Lipinski definition) is 1. The van der Waals surface area contributed by atoms with Crippen molar-refractivity contribution in [2.45, 2.75) is 20.3 Å². The molecule has 0 unspecified atom stereocenters. The third-order valence-electron chi connectivity index (χ3n) is 2.85. The molecule has 1 aromatic rings. The van der Waals surface area contributed by atoms with E-state index in [-0.39, 0.29) is 17.3 Å². The molecule has 3 heteroatoms. The summed E-state index contributed by atoms with van der Waals surface area (Å²) in [6.45, 7) is 3.65. The van der Waals surface area contributed by atoms with Gasteiger partial charge in [0.05, 0.1) is 5.56 Å². The first kappa shape index (κ1) is 9.90. The van der Waals surface area contributed by atoms with Crippen LogP contribution in [0.1, 0.15) is 38.8 Å². The molecular weight excluding hydrogens is 192 g/mol. The number of fused-ring (bicyclic) bond motifs is 1. The molecule has 0 fully saturated rings. The number of carbonyl (C=O) groups excluding carboxylic acids is 1. The predicted molar refractivity (Wildman–Crippen MR) is 55.3 cm³/mol. The Balaban J connectivity index is 2.67. The summed E-state index contributed by atoms with van der Waals surface area (Å²) < 4.78 is 0. The van der Waals surface area contributed by atoms with Crippen molar-refractivity contribution in [3.8, 4) is 0 Å². The minimum Gasteiger partial charge on any atom is -0.478 e. The van der Waals surface area contributed by atoms with Crippen LogP contribution in [0.15, 0.2) is 12.1 Å². The van der Waals surface area contributed by atoms with Gasteiger partial charge in [-0.3, -0.25) is 4.79 Å². The van der Waals surface area contributed by atoms with Crippen molar-refractivity contribution < 1.29 is 14.7 Å². The molecule has 1 atom stereocenters. The Bertz CT molecular complexity index is 460. The van der Waals surface area contributed by atoms with Crippen molar-refractivity contribution in [2.24, 2.45) is 5.92 Å². The summed E-state index contributed by atoms with van der Waals surface area (Å²) in [5, 5.41) is 9.03. The summed E-state index contributed by atoms with van der Waals surface area (Å²) in [7, 11) is 0. The lowest BCUT2D eigenvalue weighted by atomic mass is 10.00. The number of ketones is 1. The van der Waals surface area contributed by atoms with Gasteiger partial charge in [0, 0.05) is 11.5 Å². The minimum atomic E-state index is -0.947. The molecule has 0 aliphatic heterocycles. The summed E-state index contributed by atoms with van der Waals surface area (Å²) in [4.78, 5) is 22.7. The van der Waals surface area contributed by atoms with Crippen LogP contribution in [-0.2, 0) is 6.42 Å². The fourth-order valence-corrected chi connectivity index (χ4v) is 2.11. The lowest BCUT2D eigenvalue weighted by Crippen LogP contribution is -2.04. The Kier molecular flexibility index (Phi) is 2.11. The van der Waals surface area contributed by atoms with E-state index in [1.807, 2.05) is 13.8 Å². The highest BCUT2D eigenvalue weighted by Gasteiger charge is 2.30. The van der Waals surface area contributed by atoms with E-state index >= 15 is 0 Å². The van der Waals surface area contributed by atoms with Gasteiger partial charge in [-0.05, 0) is 36.6 Å². The molecule has 0 heterocycles. The van der Waals surface area contributed by atoms with E-state index in [0.29, 0.717) is 17.5 Å². The number of hydrogen-bond acceptors (Lipinski definition) is 2. The average Bonchev–Trinajstić information content (AvgIpc) is 2.43. The summed E-state index contributed by atoms with van der Waals surface area (Å²) in [5.41, 5.74) is 2.40. The second kappa shape index (κ2) is 3.19. The van der Waals surface area contributed by atoms with Gasteiger partial charge in [-0.2, -0.15) is 0 Å². The Labute approximate surface area is 87.7 Å². The molecular formula is C12H12O3. The Hall–Kier alpha value is -1.64. The standard InChI is InChI=1S/C12H12O3/c1-6-3-9-8(5-7(2)11(9)13)10(4-6)12(14)15/h3-4,7H,5H2,1-2H3,(H,14,15)/t7-/m1/s1. The van der Waals surface area contributed by atoms with Gasteiger partial charge < -0.3 is 5.11 Å². The zero-order chi connectivity index (χ0) is 11.2. The largest absolute Gasteiger partial charge is 0.478 e. The number of aromatic carboxylic acids is 1. The molecule has 1 N–H and O–H groups in total. The van der Waals surface area contributed by atoms with E-state index < -0.39 is 5.97 Å². The Morgan fingerprint density at radius 3 is 2.73 bits per heavy atom. The van der Waals surface area contributed by atoms with Crippen LogP contribution in [0.4, 0.5) is 0 Å². The van der Waals surface area contributed by atoms with Crippen molar-refractivity contribution in [1.29, 1.82) is 0 Å². The van der Waals surface area contributed by atoms with Crippen molar-refractivity contribution in [1.82, 2.24) is 0 Å². The number of carboxylic acids is 1. The molecule has 2 rings (SSSR count). The fourth-order valence-electron chi connectivity index (χ4n) is 2.11. The van der Waals surface area contributed by atoms with Crippen LogP contribution in [-0.4, -0.2) is 16.9 Å². The second-order valence-corrected chi connectivity index (χ2v) is 4.11. The molecule has 1 aliphatic rings. The lowest BCUT2D eigenvalue weighted by molar-refractivity contribution is 0.0695. The number of rotatable bonds is 1. The number of aryl methyl sites for hydroxylation is 1. The molecule has 0 bridgehead atoms. The lowest BCUT2D eigenvalue weighted by Gasteiger charge is -2.04. The van der Waals surface area contributed by atoms with E-state index in [4.69, 9.17) is 5.11 Å². The first-order valence-electron chi connectivity index (χ1n) is 4.91. The molecule has 1 aliphatic carbocycles. The van der Waals surface area contributed by atoms with Crippen LogP contribution in [0.25, 0.3) is 0 Å². The van der Waals surface area contributed by atoms with Crippen LogP contribution in [0.5, 0.6) is 0 Å². The monoisotopic (exact) mass is 204 g/mol. The van der Waals surface area contributed by atoms with Crippen LogP contribution in [0, 0.1) is 12.8 Å². The average molecular weight is 204 g/mol. The fraction of sp³-hybridized carbons (Fsp3) is 0.333. The zero-order valence-corrected chi connectivity index (χ0v) is 8.70. The van der Waals surface area contributed by atoms with E-state index in [1.165, 1.54) is 0 Å². The highest BCUT2D eigenvalue weighted by Crippen LogP contribution is 2.30. The van der Waals surface area contributed by atoms with Gasteiger partial charge >= 0.3 is 5.97 Å². The molecule has 0 amide bonds. The highest BCUT2D eigenvalue weighted by atomic mass is 16.4. The van der Waals surface area contributed by atoms with Crippen LogP contribution >= 0.6 is 0 Å². The normalized spacial score (nSPS) is 19.1. The molecule has 78 valence electrons.